The van der Waals surface area contributed by atoms with Crippen molar-refractivity contribution in [1.82, 2.24) is 9.80 Å². The summed E-state index contributed by atoms with van der Waals surface area (Å²) in [6.45, 7) is 5.77. The van der Waals surface area contributed by atoms with Crippen molar-refractivity contribution in [3.05, 3.63) is 35.6 Å². The van der Waals surface area contributed by atoms with Crippen LogP contribution >= 0.6 is 0 Å². The van der Waals surface area contributed by atoms with E-state index in [0.717, 1.165) is 42.3 Å². The van der Waals surface area contributed by atoms with Gasteiger partial charge in [-0.3, -0.25) is 9.80 Å². The molecule has 0 N–H and O–H groups in total. The van der Waals surface area contributed by atoms with Crippen LogP contribution in [0.3, 0.4) is 0 Å². The van der Waals surface area contributed by atoms with Gasteiger partial charge < -0.3 is 4.42 Å². The molecule has 5 rings (SSSR count). The van der Waals surface area contributed by atoms with E-state index in [2.05, 4.69) is 22.8 Å². The van der Waals surface area contributed by atoms with Crippen LogP contribution in [-0.4, -0.2) is 61.4 Å². The third kappa shape index (κ3) is 2.98. The zero-order chi connectivity index (χ0) is 17.9. The van der Waals surface area contributed by atoms with Crippen LogP contribution < -0.4 is 0 Å². The Morgan fingerprint density at radius 3 is 2.50 bits per heavy atom. The van der Waals surface area contributed by atoms with Gasteiger partial charge in [0, 0.05) is 37.1 Å². The van der Waals surface area contributed by atoms with Crippen LogP contribution in [0.2, 0.25) is 0 Å². The maximum absolute atomic E-state index is 12.4. The summed E-state index contributed by atoms with van der Waals surface area (Å²) in [4.78, 5) is 4.80. The molecule has 2 saturated heterocycles. The van der Waals surface area contributed by atoms with Crippen molar-refractivity contribution in [3.8, 4) is 0 Å². The fourth-order valence-electron chi connectivity index (χ4n) is 4.71. The van der Waals surface area contributed by atoms with Crippen molar-refractivity contribution < 1.29 is 12.8 Å². The second-order valence-corrected chi connectivity index (χ2v) is 10.4. The monoisotopic (exact) mass is 374 g/mol. The topological polar surface area (TPSA) is 53.8 Å². The zero-order valence-electron chi connectivity index (χ0n) is 15.2. The minimum absolute atomic E-state index is 0.0973. The first kappa shape index (κ1) is 16.8. The first-order valence-corrected chi connectivity index (χ1v) is 11.5. The van der Waals surface area contributed by atoms with Gasteiger partial charge in [-0.15, -0.1) is 0 Å². The Morgan fingerprint density at radius 2 is 1.77 bits per heavy atom. The average Bonchev–Trinajstić information content (AvgIpc) is 3.28. The molecule has 1 aromatic carbocycles. The summed E-state index contributed by atoms with van der Waals surface area (Å²) in [5.41, 5.74) is 2.10. The van der Waals surface area contributed by atoms with Gasteiger partial charge in [0.1, 0.15) is 11.3 Å². The third-order valence-electron chi connectivity index (χ3n) is 6.38. The molecule has 1 aromatic heterocycles. The number of sulfone groups is 1. The molecule has 2 unspecified atom stereocenters. The number of aryl methyl sites for hydroxylation is 1. The highest BCUT2D eigenvalue weighted by atomic mass is 32.2. The standard InChI is InChI=1S/C20H26N2O3S/c1-14-16-4-2-3-5-19(16)25-20(14)11-22-9-8-21(10-15-6-7-15)17-12-26(23,24)13-18(17)22/h2-5,15,17-18H,6-13H2,1H3. The number of rotatable bonds is 4. The molecule has 3 aliphatic rings. The molecule has 0 spiro atoms. The van der Waals surface area contributed by atoms with Gasteiger partial charge in [-0.1, -0.05) is 18.2 Å². The number of hydrogen-bond donors (Lipinski definition) is 0. The molecule has 0 amide bonds. The lowest BCUT2D eigenvalue weighted by molar-refractivity contribution is 0.0340. The third-order valence-corrected chi connectivity index (χ3v) is 8.08. The van der Waals surface area contributed by atoms with E-state index in [-0.39, 0.29) is 17.8 Å². The first-order chi connectivity index (χ1) is 12.5. The van der Waals surface area contributed by atoms with E-state index in [1.165, 1.54) is 18.4 Å². The molecule has 26 heavy (non-hydrogen) atoms. The average molecular weight is 375 g/mol. The number of hydrogen-bond acceptors (Lipinski definition) is 5. The van der Waals surface area contributed by atoms with Gasteiger partial charge in [-0.25, -0.2) is 8.42 Å². The minimum atomic E-state index is -2.95. The highest BCUT2D eigenvalue weighted by molar-refractivity contribution is 7.91. The molecule has 0 bridgehead atoms. The highest BCUT2D eigenvalue weighted by Gasteiger charge is 2.47. The van der Waals surface area contributed by atoms with Crippen LogP contribution in [0.15, 0.2) is 28.7 Å². The molecule has 0 radical (unpaired) electrons. The molecule has 140 valence electrons. The quantitative estimate of drug-likeness (QED) is 0.823. The number of piperazine rings is 1. The molecule has 1 saturated carbocycles. The summed E-state index contributed by atoms with van der Waals surface area (Å²) in [6.07, 6.45) is 2.62. The van der Waals surface area contributed by atoms with Crippen molar-refractivity contribution in [2.45, 2.75) is 38.4 Å². The maximum Gasteiger partial charge on any atom is 0.153 e. The molecule has 2 aromatic rings. The highest BCUT2D eigenvalue weighted by Crippen LogP contribution is 2.35. The van der Waals surface area contributed by atoms with Gasteiger partial charge in [0.2, 0.25) is 0 Å². The number of fused-ring (bicyclic) bond motifs is 2. The Balaban J connectivity index is 1.41. The molecule has 1 aliphatic carbocycles. The molecule has 2 atom stereocenters. The summed E-state index contributed by atoms with van der Waals surface area (Å²) in [5, 5.41) is 1.16. The maximum atomic E-state index is 12.4. The number of para-hydroxylation sites is 1. The normalized spacial score (nSPS) is 29.3. The van der Waals surface area contributed by atoms with Crippen LogP contribution in [0, 0.1) is 12.8 Å². The van der Waals surface area contributed by atoms with Crippen LogP contribution in [0.25, 0.3) is 11.0 Å². The fraction of sp³-hybridized carbons (Fsp3) is 0.600. The summed E-state index contributed by atoms with van der Waals surface area (Å²) < 4.78 is 30.8. The Labute approximate surface area is 154 Å². The van der Waals surface area contributed by atoms with E-state index in [4.69, 9.17) is 4.42 Å². The van der Waals surface area contributed by atoms with Gasteiger partial charge in [0.25, 0.3) is 0 Å². The second kappa shape index (κ2) is 6.08. The minimum Gasteiger partial charge on any atom is -0.459 e. The van der Waals surface area contributed by atoms with Crippen LogP contribution in [0.4, 0.5) is 0 Å². The van der Waals surface area contributed by atoms with E-state index in [0.29, 0.717) is 12.3 Å². The SMILES string of the molecule is Cc1c(CN2CCN(CC3CC3)C3CS(=O)(=O)CC32)oc2ccccc12. The zero-order valence-corrected chi connectivity index (χ0v) is 16.0. The van der Waals surface area contributed by atoms with Gasteiger partial charge >= 0.3 is 0 Å². The predicted molar refractivity (Wildman–Crippen MR) is 102 cm³/mol. The fourth-order valence-corrected chi connectivity index (χ4v) is 6.75. The summed E-state index contributed by atoms with van der Waals surface area (Å²) in [5.74, 6) is 2.38. The molecule has 2 aliphatic heterocycles. The number of furan rings is 1. The first-order valence-electron chi connectivity index (χ1n) is 9.66. The van der Waals surface area contributed by atoms with Crippen molar-refractivity contribution in [1.29, 1.82) is 0 Å². The van der Waals surface area contributed by atoms with Crippen molar-refractivity contribution >= 4 is 20.8 Å². The van der Waals surface area contributed by atoms with Gasteiger partial charge in [0.15, 0.2) is 9.84 Å². The van der Waals surface area contributed by atoms with E-state index in [1.807, 2.05) is 18.2 Å². The van der Waals surface area contributed by atoms with Crippen LogP contribution in [-0.2, 0) is 16.4 Å². The smallest absolute Gasteiger partial charge is 0.153 e. The molecule has 5 nitrogen and oxygen atoms in total. The van der Waals surface area contributed by atoms with E-state index in [9.17, 15) is 8.42 Å². The van der Waals surface area contributed by atoms with Crippen molar-refractivity contribution in [3.63, 3.8) is 0 Å². The Kier molecular flexibility index (Phi) is 3.92. The Hall–Kier alpha value is -1.37. The lowest BCUT2D eigenvalue weighted by atomic mass is 10.0. The van der Waals surface area contributed by atoms with Gasteiger partial charge in [0.05, 0.1) is 18.1 Å². The lowest BCUT2D eigenvalue weighted by Gasteiger charge is -2.43. The Bertz CT molecular complexity index is 932. The number of nitrogens with zero attached hydrogens (tertiary/aromatic N) is 2. The predicted octanol–water partition coefficient (Wildman–Crippen LogP) is 2.43. The summed E-state index contributed by atoms with van der Waals surface area (Å²) >= 11 is 0. The van der Waals surface area contributed by atoms with E-state index < -0.39 is 9.84 Å². The Morgan fingerprint density at radius 1 is 1.08 bits per heavy atom. The van der Waals surface area contributed by atoms with E-state index in [1.54, 1.807) is 0 Å². The largest absolute Gasteiger partial charge is 0.459 e. The van der Waals surface area contributed by atoms with E-state index >= 15 is 0 Å². The summed E-state index contributed by atoms with van der Waals surface area (Å²) in [7, 11) is -2.95. The molecular weight excluding hydrogens is 348 g/mol. The second-order valence-electron chi connectivity index (χ2n) is 8.27. The van der Waals surface area contributed by atoms with Gasteiger partial charge in [-0.2, -0.15) is 0 Å². The van der Waals surface area contributed by atoms with Crippen LogP contribution in [0.5, 0.6) is 0 Å². The lowest BCUT2D eigenvalue weighted by Crippen LogP contribution is -2.59. The molecule has 6 heteroatoms. The molecular formula is C20H26N2O3S. The molecule has 3 heterocycles. The summed E-state index contributed by atoms with van der Waals surface area (Å²) in [6, 6.07) is 8.37. The van der Waals surface area contributed by atoms with Crippen molar-refractivity contribution in [2.75, 3.05) is 31.1 Å². The number of benzene rings is 1. The van der Waals surface area contributed by atoms with Crippen molar-refractivity contribution in [2.24, 2.45) is 5.92 Å². The van der Waals surface area contributed by atoms with Gasteiger partial charge in [-0.05, 0) is 37.3 Å². The molecule has 3 fully saturated rings. The van der Waals surface area contributed by atoms with Crippen LogP contribution in [0.1, 0.15) is 24.2 Å².